The molecule has 1 heterocycles. The van der Waals surface area contributed by atoms with Crippen molar-refractivity contribution in [1.29, 1.82) is 0 Å². The summed E-state index contributed by atoms with van der Waals surface area (Å²) in [6.45, 7) is 0. The van der Waals surface area contributed by atoms with Crippen molar-refractivity contribution in [3.05, 3.63) is 73.8 Å². The first-order valence-corrected chi connectivity index (χ1v) is 8.87. The highest BCUT2D eigenvalue weighted by Gasteiger charge is 2.37. The van der Waals surface area contributed by atoms with Crippen LogP contribution in [0.3, 0.4) is 0 Å². The first-order chi connectivity index (χ1) is 11.3. The standard InChI is InChI=1S/C17H11F3INOS/c18-17(19,20)10-6-7-12(21)11(8-10)13-14(23)15(24-16(13)22)9-4-2-1-3-5-9/h1-8,15H,22H2. The number of ketones is 1. The van der Waals surface area contributed by atoms with Gasteiger partial charge in [0.2, 0.25) is 0 Å². The summed E-state index contributed by atoms with van der Waals surface area (Å²) >= 11 is 3.09. The van der Waals surface area contributed by atoms with Crippen LogP contribution < -0.4 is 5.73 Å². The summed E-state index contributed by atoms with van der Waals surface area (Å²) in [5.74, 6) is -0.263. The van der Waals surface area contributed by atoms with Gasteiger partial charge in [-0.25, -0.2) is 0 Å². The van der Waals surface area contributed by atoms with Gasteiger partial charge in [0.25, 0.3) is 0 Å². The van der Waals surface area contributed by atoms with Gasteiger partial charge in [0, 0.05) is 9.13 Å². The molecule has 0 amide bonds. The molecule has 0 spiro atoms. The number of carbonyl (C=O) groups is 1. The van der Waals surface area contributed by atoms with Crippen molar-refractivity contribution in [2.75, 3.05) is 0 Å². The third-order valence-corrected chi connectivity index (χ3v) is 5.76. The minimum Gasteiger partial charge on any atom is -0.393 e. The number of alkyl halides is 3. The van der Waals surface area contributed by atoms with Gasteiger partial charge in [-0.3, -0.25) is 4.79 Å². The van der Waals surface area contributed by atoms with E-state index >= 15 is 0 Å². The molecule has 1 unspecified atom stereocenters. The van der Waals surface area contributed by atoms with Crippen LogP contribution in [0.15, 0.2) is 53.6 Å². The fourth-order valence-electron chi connectivity index (χ4n) is 2.50. The Morgan fingerprint density at radius 2 is 1.75 bits per heavy atom. The Kier molecular flexibility index (Phi) is 4.65. The zero-order chi connectivity index (χ0) is 17.5. The molecule has 0 aliphatic carbocycles. The smallest absolute Gasteiger partial charge is 0.393 e. The Bertz CT molecular complexity index is 833. The molecule has 2 aromatic rings. The Morgan fingerprint density at radius 3 is 2.38 bits per heavy atom. The number of hydrogen-bond acceptors (Lipinski definition) is 3. The molecule has 0 saturated heterocycles. The van der Waals surface area contributed by atoms with Crippen molar-refractivity contribution in [1.82, 2.24) is 0 Å². The molecule has 0 aromatic heterocycles. The summed E-state index contributed by atoms with van der Waals surface area (Å²) in [6, 6.07) is 12.4. The molecule has 24 heavy (non-hydrogen) atoms. The minimum absolute atomic E-state index is 0.171. The van der Waals surface area contributed by atoms with Crippen molar-refractivity contribution < 1.29 is 18.0 Å². The average Bonchev–Trinajstić information content (AvgIpc) is 2.83. The molecular weight excluding hydrogens is 450 g/mol. The first-order valence-electron chi connectivity index (χ1n) is 6.91. The van der Waals surface area contributed by atoms with Crippen molar-refractivity contribution in [3.63, 3.8) is 0 Å². The van der Waals surface area contributed by atoms with Gasteiger partial charge in [-0.15, -0.1) is 0 Å². The highest BCUT2D eigenvalue weighted by molar-refractivity contribution is 14.1. The van der Waals surface area contributed by atoms with Crippen LogP contribution in [0.25, 0.3) is 5.57 Å². The topological polar surface area (TPSA) is 43.1 Å². The van der Waals surface area contributed by atoms with Gasteiger partial charge >= 0.3 is 6.18 Å². The monoisotopic (exact) mass is 461 g/mol. The summed E-state index contributed by atoms with van der Waals surface area (Å²) in [4.78, 5) is 12.8. The van der Waals surface area contributed by atoms with E-state index in [1.807, 2.05) is 52.9 Å². The van der Waals surface area contributed by atoms with Crippen LogP contribution in [0.5, 0.6) is 0 Å². The van der Waals surface area contributed by atoms with Gasteiger partial charge in [0.15, 0.2) is 5.78 Å². The molecule has 0 bridgehead atoms. The number of allylic oxidation sites excluding steroid dienone is 1. The van der Waals surface area contributed by atoms with Crippen molar-refractivity contribution >= 4 is 45.7 Å². The number of hydrogen-bond donors (Lipinski definition) is 1. The van der Waals surface area contributed by atoms with E-state index in [0.717, 1.165) is 17.7 Å². The lowest BCUT2D eigenvalue weighted by Crippen LogP contribution is -2.10. The molecule has 0 fully saturated rings. The summed E-state index contributed by atoms with van der Waals surface area (Å²) in [7, 11) is 0. The largest absolute Gasteiger partial charge is 0.416 e. The van der Waals surface area contributed by atoms with E-state index in [2.05, 4.69) is 0 Å². The highest BCUT2D eigenvalue weighted by atomic mass is 127. The molecule has 2 N–H and O–H groups in total. The Balaban J connectivity index is 2.04. The Labute approximate surface area is 154 Å². The Morgan fingerprint density at radius 1 is 1.08 bits per heavy atom. The zero-order valence-corrected chi connectivity index (χ0v) is 15.1. The van der Waals surface area contributed by atoms with Gasteiger partial charge in [-0.05, 0) is 46.4 Å². The normalized spacial score (nSPS) is 18.3. The summed E-state index contributed by atoms with van der Waals surface area (Å²) in [6.07, 6.45) is -4.47. The van der Waals surface area contributed by atoms with E-state index < -0.39 is 17.0 Å². The van der Waals surface area contributed by atoms with Crippen LogP contribution in [0.1, 0.15) is 21.9 Å². The van der Waals surface area contributed by atoms with Crippen LogP contribution in [0.4, 0.5) is 13.2 Å². The molecule has 1 aliphatic heterocycles. The summed E-state index contributed by atoms with van der Waals surface area (Å²) < 4.78 is 39.5. The molecule has 7 heteroatoms. The molecule has 0 radical (unpaired) electrons. The molecule has 124 valence electrons. The lowest BCUT2D eigenvalue weighted by molar-refractivity contribution is -0.137. The molecular formula is C17H11F3INOS. The van der Waals surface area contributed by atoms with E-state index in [4.69, 9.17) is 5.73 Å². The van der Waals surface area contributed by atoms with Crippen LogP contribution in [-0.4, -0.2) is 5.78 Å². The van der Waals surface area contributed by atoms with Gasteiger partial charge in [0.05, 0.1) is 21.4 Å². The molecule has 1 atom stereocenters. The second kappa shape index (κ2) is 6.44. The van der Waals surface area contributed by atoms with Crippen molar-refractivity contribution in [3.8, 4) is 0 Å². The second-order valence-electron chi connectivity index (χ2n) is 5.20. The maximum absolute atomic E-state index is 13.0. The van der Waals surface area contributed by atoms with Crippen LogP contribution >= 0.6 is 34.4 Å². The first kappa shape index (κ1) is 17.3. The molecule has 3 rings (SSSR count). The SMILES string of the molecule is NC1=C(c2cc(C(F)(F)F)ccc2I)C(=O)C(c2ccccc2)S1. The Hall–Kier alpha value is -1.48. The number of halogens is 4. The predicted octanol–water partition coefficient (Wildman–Crippen LogP) is 4.99. The third-order valence-electron chi connectivity index (χ3n) is 3.64. The van der Waals surface area contributed by atoms with E-state index in [-0.39, 0.29) is 21.9 Å². The quantitative estimate of drug-likeness (QED) is 0.641. The highest BCUT2D eigenvalue weighted by Crippen LogP contribution is 2.47. The van der Waals surface area contributed by atoms with E-state index in [1.165, 1.54) is 17.8 Å². The summed E-state index contributed by atoms with van der Waals surface area (Å²) in [5.41, 5.74) is 6.39. The molecule has 0 saturated carbocycles. The van der Waals surface area contributed by atoms with Gasteiger partial charge in [-0.2, -0.15) is 13.2 Å². The zero-order valence-electron chi connectivity index (χ0n) is 12.1. The maximum atomic E-state index is 13.0. The number of benzene rings is 2. The number of thioether (sulfide) groups is 1. The number of carbonyl (C=O) groups excluding carboxylic acids is 1. The molecule has 2 nitrogen and oxygen atoms in total. The molecule has 1 aliphatic rings. The van der Waals surface area contributed by atoms with Crippen LogP contribution in [0, 0.1) is 3.57 Å². The van der Waals surface area contributed by atoms with E-state index in [9.17, 15) is 18.0 Å². The van der Waals surface area contributed by atoms with E-state index in [1.54, 1.807) is 0 Å². The van der Waals surface area contributed by atoms with E-state index in [0.29, 0.717) is 3.57 Å². The van der Waals surface area contributed by atoms with Crippen molar-refractivity contribution in [2.24, 2.45) is 5.73 Å². The molecule has 2 aromatic carbocycles. The van der Waals surface area contributed by atoms with Gasteiger partial charge in [0.1, 0.15) is 0 Å². The van der Waals surface area contributed by atoms with Gasteiger partial charge in [-0.1, -0.05) is 42.1 Å². The van der Waals surface area contributed by atoms with Crippen LogP contribution in [0.2, 0.25) is 0 Å². The lowest BCUT2D eigenvalue weighted by atomic mass is 9.96. The third kappa shape index (κ3) is 3.19. The fourth-order valence-corrected chi connectivity index (χ4v) is 4.20. The number of rotatable bonds is 2. The number of Topliss-reactive ketones (excluding diaryl/α,β-unsaturated/α-hetero) is 1. The minimum atomic E-state index is -4.47. The summed E-state index contributed by atoms with van der Waals surface area (Å²) in [5, 5.41) is -0.266. The van der Waals surface area contributed by atoms with Gasteiger partial charge < -0.3 is 5.73 Å². The lowest BCUT2D eigenvalue weighted by Gasteiger charge is -2.12. The average molecular weight is 461 g/mol. The maximum Gasteiger partial charge on any atom is 0.416 e. The van der Waals surface area contributed by atoms with Crippen molar-refractivity contribution in [2.45, 2.75) is 11.4 Å². The number of nitrogens with two attached hydrogens (primary N) is 1. The second-order valence-corrected chi connectivity index (χ2v) is 7.51. The van der Waals surface area contributed by atoms with Crippen LogP contribution in [-0.2, 0) is 11.0 Å². The predicted molar refractivity (Wildman–Crippen MR) is 97.0 cm³/mol. The fraction of sp³-hybridized carbons (Fsp3) is 0.118.